The Bertz CT molecular complexity index is 1030. The second-order valence-corrected chi connectivity index (χ2v) is 6.43. The number of benzene rings is 1. The molecule has 4 rings (SSSR count). The molecule has 136 valence electrons. The Morgan fingerprint density at radius 2 is 2.07 bits per heavy atom. The average Bonchev–Trinajstić information content (AvgIpc) is 3.37. The van der Waals surface area contributed by atoms with Crippen molar-refractivity contribution in [1.82, 2.24) is 19.9 Å². The van der Waals surface area contributed by atoms with Crippen molar-refractivity contribution in [3.63, 3.8) is 0 Å². The van der Waals surface area contributed by atoms with Crippen molar-refractivity contribution < 1.29 is 9.59 Å². The van der Waals surface area contributed by atoms with Crippen molar-refractivity contribution in [2.24, 2.45) is 0 Å². The molecule has 1 aromatic carbocycles. The molecule has 3 heterocycles. The van der Waals surface area contributed by atoms with E-state index in [4.69, 9.17) is 0 Å². The van der Waals surface area contributed by atoms with Gasteiger partial charge in [-0.1, -0.05) is 18.7 Å². The van der Waals surface area contributed by atoms with Crippen LogP contribution in [-0.2, 0) is 4.79 Å². The molecule has 27 heavy (non-hydrogen) atoms. The number of amides is 2. The Morgan fingerprint density at radius 3 is 2.85 bits per heavy atom. The number of hydrogen-bond donors (Lipinski definition) is 2. The molecule has 1 saturated heterocycles. The zero-order chi connectivity index (χ0) is 18.8. The molecule has 1 aliphatic heterocycles. The molecule has 0 unspecified atom stereocenters. The number of aromatic amines is 1. The van der Waals surface area contributed by atoms with Crippen LogP contribution in [0.25, 0.3) is 22.4 Å². The van der Waals surface area contributed by atoms with Gasteiger partial charge in [0, 0.05) is 30.5 Å². The van der Waals surface area contributed by atoms with Gasteiger partial charge in [-0.15, -0.1) is 0 Å². The van der Waals surface area contributed by atoms with Gasteiger partial charge in [0.1, 0.15) is 5.52 Å². The van der Waals surface area contributed by atoms with Crippen LogP contribution in [0, 0.1) is 0 Å². The molecule has 0 aliphatic carbocycles. The molecule has 2 N–H and O–H groups in total. The molecule has 1 fully saturated rings. The Balaban J connectivity index is 1.70. The summed E-state index contributed by atoms with van der Waals surface area (Å²) in [6.07, 6.45) is 6.62. The fourth-order valence-corrected chi connectivity index (χ4v) is 3.23. The monoisotopic (exact) mass is 361 g/mol. The fourth-order valence-electron chi connectivity index (χ4n) is 3.23. The third-order valence-corrected chi connectivity index (χ3v) is 4.62. The van der Waals surface area contributed by atoms with Gasteiger partial charge < -0.3 is 15.2 Å². The van der Waals surface area contributed by atoms with E-state index in [0.717, 1.165) is 31.5 Å². The van der Waals surface area contributed by atoms with Gasteiger partial charge in [0.05, 0.1) is 17.5 Å². The van der Waals surface area contributed by atoms with Gasteiger partial charge in [-0.3, -0.25) is 9.59 Å². The highest BCUT2D eigenvalue weighted by molar-refractivity contribution is 6.05. The fraction of sp³-hybridized carbons (Fsp3) is 0.200. The van der Waals surface area contributed by atoms with Crippen LogP contribution in [0.1, 0.15) is 23.2 Å². The highest BCUT2D eigenvalue weighted by Gasteiger charge is 2.23. The predicted octanol–water partition coefficient (Wildman–Crippen LogP) is 2.99. The van der Waals surface area contributed by atoms with Gasteiger partial charge in [-0.25, -0.2) is 9.97 Å². The van der Waals surface area contributed by atoms with E-state index in [1.165, 1.54) is 6.08 Å². The van der Waals surface area contributed by atoms with Crippen LogP contribution in [0.4, 0.5) is 5.69 Å². The number of nitrogens with zero attached hydrogens (tertiary/aromatic N) is 3. The number of anilines is 1. The molecule has 2 aromatic heterocycles. The number of H-pyrrole nitrogens is 1. The maximum atomic E-state index is 12.8. The van der Waals surface area contributed by atoms with E-state index in [1.807, 2.05) is 23.1 Å². The van der Waals surface area contributed by atoms with E-state index in [9.17, 15) is 9.59 Å². The van der Waals surface area contributed by atoms with Gasteiger partial charge in [0.15, 0.2) is 5.65 Å². The summed E-state index contributed by atoms with van der Waals surface area (Å²) in [5.41, 5.74) is 3.75. The zero-order valence-electron chi connectivity index (χ0n) is 14.7. The Kier molecular flexibility index (Phi) is 4.42. The van der Waals surface area contributed by atoms with Crippen molar-refractivity contribution in [3.05, 3.63) is 54.9 Å². The topological polar surface area (TPSA) is 91.0 Å². The smallest absolute Gasteiger partial charge is 0.257 e. The van der Waals surface area contributed by atoms with Gasteiger partial charge >= 0.3 is 0 Å². The van der Waals surface area contributed by atoms with Crippen molar-refractivity contribution in [2.75, 3.05) is 18.4 Å². The summed E-state index contributed by atoms with van der Waals surface area (Å²) in [7, 11) is 0. The molecule has 0 atom stereocenters. The quantitative estimate of drug-likeness (QED) is 0.699. The SMILES string of the molecule is C=CC(=O)Nc1cccc(-c2cnc3[nH]cc(C(=O)N4CCCC4)c3n2)c1. The van der Waals surface area contributed by atoms with Crippen LogP contribution in [-0.4, -0.2) is 44.8 Å². The first kappa shape index (κ1) is 17.0. The third kappa shape index (κ3) is 3.31. The van der Waals surface area contributed by atoms with E-state index < -0.39 is 0 Å². The summed E-state index contributed by atoms with van der Waals surface area (Å²) >= 11 is 0. The highest BCUT2D eigenvalue weighted by atomic mass is 16.2. The lowest BCUT2D eigenvalue weighted by Crippen LogP contribution is -2.27. The lowest BCUT2D eigenvalue weighted by molar-refractivity contribution is -0.111. The lowest BCUT2D eigenvalue weighted by Gasteiger charge is -2.14. The molecule has 0 spiro atoms. The zero-order valence-corrected chi connectivity index (χ0v) is 14.7. The summed E-state index contributed by atoms with van der Waals surface area (Å²) in [5.74, 6) is -0.296. The minimum atomic E-state index is -0.280. The number of nitrogens with one attached hydrogen (secondary N) is 2. The van der Waals surface area contributed by atoms with Crippen molar-refractivity contribution >= 4 is 28.7 Å². The van der Waals surface area contributed by atoms with Crippen LogP contribution in [0.5, 0.6) is 0 Å². The minimum absolute atomic E-state index is 0.0165. The largest absolute Gasteiger partial charge is 0.344 e. The second kappa shape index (κ2) is 7.03. The standard InChI is InChI=1S/C20H19N5O2/c1-2-17(26)23-14-7-5-6-13(10-14)16-12-22-19-18(24-16)15(11-21-19)20(27)25-8-3-4-9-25/h2,5-7,10-12H,1,3-4,8-9H2,(H,21,22)(H,23,26). The minimum Gasteiger partial charge on any atom is -0.344 e. The summed E-state index contributed by atoms with van der Waals surface area (Å²) in [6, 6.07) is 7.31. The first-order valence-electron chi connectivity index (χ1n) is 8.83. The number of carbonyl (C=O) groups is 2. The Hall–Kier alpha value is -3.48. The molecule has 7 nitrogen and oxygen atoms in total. The number of likely N-dealkylation sites (tertiary alicyclic amines) is 1. The van der Waals surface area contributed by atoms with Gasteiger partial charge in [0.2, 0.25) is 5.91 Å². The number of fused-ring (bicyclic) bond motifs is 1. The summed E-state index contributed by atoms with van der Waals surface area (Å²) in [6.45, 7) is 5.01. The van der Waals surface area contributed by atoms with Crippen LogP contribution < -0.4 is 5.32 Å². The van der Waals surface area contributed by atoms with Crippen molar-refractivity contribution in [1.29, 1.82) is 0 Å². The van der Waals surface area contributed by atoms with E-state index in [-0.39, 0.29) is 11.8 Å². The molecule has 0 saturated carbocycles. The number of hydrogen-bond acceptors (Lipinski definition) is 4. The van der Waals surface area contributed by atoms with E-state index in [2.05, 4.69) is 26.8 Å². The molecule has 7 heteroatoms. The molecule has 3 aromatic rings. The van der Waals surface area contributed by atoms with E-state index in [1.54, 1.807) is 18.5 Å². The number of rotatable bonds is 4. The molecular weight excluding hydrogens is 342 g/mol. The molecule has 0 radical (unpaired) electrons. The van der Waals surface area contributed by atoms with Crippen molar-refractivity contribution in [2.45, 2.75) is 12.8 Å². The molecule has 2 amide bonds. The first-order chi connectivity index (χ1) is 13.2. The van der Waals surface area contributed by atoms with E-state index >= 15 is 0 Å². The average molecular weight is 361 g/mol. The van der Waals surface area contributed by atoms with Crippen LogP contribution in [0.2, 0.25) is 0 Å². The van der Waals surface area contributed by atoms with Gasteiger partial charge in [0.25, 0.3) is 5.91 Å². The molecule has 1 aliphatic rings. The summed E-state index contributed by atoms with van der Waals surface area (Å²) in [5, 5.41) is 2.73. The number of aromatic nitrogens is 3. The molecule has 0 bridgehead atoms. The van der Waals surface area contributed by atoms with E-state index in [0.29, 0.717) is 28.1 Å². The maximum Gasteiger partial charge on any atom is 0.257 e. The van der Waals surface area contributed by atoms with Gasteiger partial charge in [-0.05, 0) is 31.1 Å². The van der Waals surface area contributed by atoms with Crippen molar-refractivity contribution in [3.8, 4) is 11.3 Å². The van der Waals surface area contributed by atoms with Gasteiger partial charge in [-0.2, -0.15) is 0 Å². The number of carbonyl (C=O) groups excluding carboxylic acids is 2. The normalized spacial score (nSPS) is 13.7. The molecular formula is C20H19N5O2. The second-order valence-electron chi connectivity index (χ2n) is 6.43. The highest BCUT2D eigenvalue weighted by Crippen LogP contribution is 2.25. The first-order valence-corrected chi connectivity index (χ1v) is 8.83. The Morgan fingerprint density at radius 1 is 1.26 bits per heavy atom. The lowest BCUT2D eigenvalue weighted by atomic mass is 10.1. The van der Waals surface area contributed by atoms with Crippen LogP contribution >= 0.6 is 0 Å². The summed E-state index contributed by atoms with van der Waals surface area (Å²) in [4.78, 5) is 38.2. The van der Waals surface area contributed by atoms with Crippen LogP contribution in [0.3, 0.4) is 0 Å². The Labute approximate surface area is 156 Å². The summed E-state index contributed by atoms with van der Waals surface area (Å²) < 4.78 is 0. The van der Waals surface area contributed by atoms with Crippen LogP contribution in [0.15, 0.2) is 49.3 Å². The predicted molar refractivity (Wildman–Crippen MR) is 103 cm³/mol. The third-order valence-electron chi connectivity index (χ3n) is 4.62. The maximum absolute atomic E-state index is 12.8.